The van der Waals surface area contributed by atoms with Crippen LogP contribution in [0.5, 0.6) is 0 Å². The number of hydrogen-bond donors (Lipinski definition) is 1. The molecule has 1 aromatic heterocycles. The average molecular weight is 252 g/mol. The number of nitrogens with one attached hydrogen (secondary N) is 1. The number of nitrogens with zero attached hydrogens (tertiary/aromatic N) is 3. The third kappa shape index (κ3) is 2.61. The molecule has 2 rings (SSSR count). The van der Waals surface area contributed by atoms with Gasteiger partial charge in [-0.2, -0.15) is 0 Å². The lowest BCUT2D eigenvalue weighted by Gasteiger charge is -2.35. The van der Waals surface area contributed by atoms with Crippen molar-refractivity contribution in [2.75, 3.05) is 25.0 Å². The maximum atomic E-state index is 13.9. The molecule has 100 valence electrons. The van der Waals surface area contributed by atoms with E-state index in [1.54, 1.807) is 6.92 Å². The van der Waals surface area contributed by atoms with Crippen LogP contribution in [0.3, 0.4) is 0 Å². The summed E-state index contributed by atoms with van der Waals surface area (Å²) in [6, 6.07) is 0.518. The second-order valence-electron chi connectivity index (χ2n) is 5.00. The molecule has 1 saturated heterocycles. The monoisotopic (exact) mass is 252 g/mol. The highest BCUT2D eigenvalue weighted by atomic mass is 19.1. The van der Waals surface area contributed by atoms with E-state index in [2.05, 4.69) is 22.2 Å². The van der Waals surface area contributed by atoms with Gasteiger partial charge in [-0.25, -0.2) is 14.4 Å². The summed E-state index contributed by atoms with van der Waals surface area (Å²) in [7, 11) is 1.99. The summed E-state index contributed by atoms with van der Waals surface area (Å²) in [5.74, 6) is 0.841. The van der Waals surface area contributed by atoms with E-state index in [9.17, 15) is 4.39 Å². The highest BCUT2D eigenvalue weighted by molar-refractivity contribution is 5.41. The van der Waals surface area contributed by atoms with Crippen LogP contribution in [0.1, 0.15) is 25.5 Å². The summed E-state index contributed by atoms with van der Waals surface area (Å²) in [6.45, 7) is 5.61. The zero-order valence-corrected chi connectivity index (χ0v) is 11.3. The molecule has 1 fully saturated rings. The number of piperidine rings is 1. The summed E-state index contributed by atoms with van der Waals surface area (Å²) >= 11 is 0. The lowest BCUT2D eigenvalue weighted by molar-refractivity contribution is 0.321. The zero-order chi connectivity index (χ0) is 13.1. The Morgan fingerprint density at radius 3 is 2.67 bits per heavy atom. The Balaban J connectivity index is 2.03. The molecule has 1 N–H and O–H groups in total. The fraction of sp³-hybridized carbons (Fsp3) is 0.692. The Kier molecular flexibility index (Phi) is 4.11. The predicted octanol–water partition coefficient (Wildman–Crippen LogP) is 1.75. The summed E-state index contributed by atoms with van der Waals surface area (Å²) in [6.07, 6.45) is 3.59. The van der Waals surface area contributed by atoms with E-state index in [1.165, 1.54) is 6.33 Å². The van der Waals surface area contributed by atoms with Gasteiger partial charge in [0.2, 0.25) is 0 Å². The van der Waals surface area contributed by atoms with Crippen molar-refractivity contribution in [1.82, 2.24) is 15.3 Å². The first-order chi connectivity index (χ1) is 8.63. The van der Waals surface area contributed by atoms with Crippen molar-refractivity contribution in [3.05, 3.63) is 17.8 Å². The molecule has 1 unspecified atom stereocenters. The lowest BCUT2D eigenvalue weighted by atomic mass is 9.90. The molecule has 1 aliphatic rings. The van der Waals surface area contributed by atoms with Crippen molar-refractivity contribution < 1.29 is 4.39 Å². The number of rotatable bonds is 3. The molecular weight excluding hydrogens is 231 g/mol. The van der Waals surface area contributed by atoms with Gasteiger partial charge >= 0.3 is 0 Å². The smallest absolute Gasteiger partial charge is 0.186 e. The van der Waals surface area contributed by atoms with Gasteiger partial charge in [0.15, 0.2) is 11.6 Å². The molecule has 1 aromatic rings. The van der Waals surface area contributed by atoms with Crippen molar-refractivity contribution in [1.29, 1.82) is 0 Å². The van der Waals surface area contributed by atoms with Crippen molar-refractivity contribution in [3.8, 4) is 0 Å². The summed E-state index contributed by atoms with van der Waals surface area (Å²) in [5.41, 5.74) is 0.422. The third-order valence-corrected chi connectivity index (χ3v) is 3.95. The highest BCUT2D eigenvalue weighted by Crippen LogP contribution is 2.25. The zero-order valence-electron chi connectivity index (χ0n) is 11.3. The molecule has 0 amide bonds. The molecule has 4 nitrogen and oxygen atoms in total. The number of anilines is 1. The number of hydrogen-bond acceptors (Lipinski definition) is 4. The first-order valence-corrected chi connectivity index (χ1v) is 6.52. The van der Waals surface area contributed by atoms with Gasteiger partial charge in [-0.1, -0.05) is 0 Å². The van der Waals surface area contributed by atoms with Crippen LogP contribution < -0.4 is 10.2 Å². The summed E-state index contributed by atoms with van der Waals surface area (Å²) in [5, 5.41) is 3.29. The van der Waals surface area contributed by atoms with E-state index in [0.717, 1.165) is 25.9 Å². The molecule has 0 spiro atoms. The van der Waals surface area contributed by atoms with Gasteiger partial charge in [0, 0.05) is 19.1 Å². The van der Waals surface area contributed by atoms with Crippen LogP contribution in [0.15, 0.2) is 6.33 Å². The van der Waals surface area contributed by atoms with Crippen LogP contribution in [0.4, 0.5) is 10.2 Å². The van der Waals surface area contributed by atoms with Crippen LogP contribution >= 0.6 is 0 Å². The lowest BCUT2D eigenvalue weighted by Crippen LogP contribution is -2.41. The second-order valence-corrected chi connectivity index (χ2v) is 5.00. The van der Waals surface area contributed by atoms with Gasteiger partial charge in [-0.3, -0.25) is 0 Å². The standard InChI is InChI=1S/C13H21FN4/c1-9(15-3)11-4-6-18(7-5-11)13-12(14)10(2)16-8-17-13/h8-9,11,15H,4-7H2,1-3H3. The molecule has 5 heteroatoms. The van der Waals surface area contributed by atoms with Gasteiger partial charge in [-0.05, 0) is 39.7 Å². The number of halogens is 1. The molecule has 0 aliphatic carbocycles. The Hall–Kier alpha value is -1.23. The van der Waals surface area contributed by atoms with Crippen LogP contribution in [0, 0.1) is 18.7 Å². The topological polar surface area (TPSA) is 41.0 Å². The minimum absolute atomic E-state index is 0.280. The van der Waals surface area contributed by atoms with E-state index in [-0.39, 0.29) is 5.82 Å². The van der Waals surface area contributed by atoms with Crippen LogP contribution in [-0.4, -0.2) is 36.1 Å². The molecule has 0 saturated carbocycles. The van der Waals surface area contributed by atoms with Gasteiger partial charge in [-0.15, -0.1) is 0 Å². The van der Waals surface area contributed by atoms with Crippen molar-refractivity contribution in [2.45, 2.75) is 32.7 Å². The summed E-state index contributed by atoms with van der Waals surface area (Å²) in [4.78, 5) is 9.98. The van der Waals surface area contributed by atoms with Crippen LogP contribution in [0.25, 0.3) is 0 Å². The fourth-order valence-corrected chi connectivity index (χ4v) is 2.51. The highest BCUT2D eigenvalue weighted by Gasteiger charge is 2.25. The minimum atomic E-state index is -0.280. The maximum Gasteiger partial charge on any atom is 0.186 e. The molecule has 0 radical (unpaired) electrons. The van der Waals surface area contributed by atoms with Crippen LogP contribution in [0.2, 0.25) is 0 Å². The molecular formula is C13H21FN4. The van der Waals surface area contributed by atoms with E-state index in [1.807, 2.05) is 11.9 Å². The molecule has 0 bridgehead atoms. The minimum Gasteiger partial charge on any atom is -0.354 e. The summed E-state index contributed by atoms with van der Waals surface area (Å²) < 4.78 is 13.9. The van der Waals surface area contributed by atoms with Gasteiger partial charge in [0.25, 0.3) is 0 Å². The van der Waals surface area contributed by atoms with Crippen LogP contribution in [-0.2, 0) is 0 Å². The van der Waals surface area contributed by atoms with Gasteiger partial charge < -0.3 is 10.2 Å². The molecule has 2 heterocycles. The fourth-order valence-electron chi connectivity index (χ4n) is 2.51. The normalized spacial score (nSPS) is 19.0. The quantitative estimate of drug-likeness (QED) is 0.890. The Morgan fingerprint density at radius 2 is 2.06 bits per heavy atom. The number of aryl methyl sites for hydroxylation is 1. The van der Waals surface area contributed by atoms with E-state index >= 15 is 0 Å². The van der Waals surface area contributed by atoms with Crippen molar-refractivity contribution >= 4 is 5.82 Å². The first kappa shape index (κ1) is 13.2. The SMILES string of the molecule is CNC(C)C1CCN(c2ncnc(C)c2F)CC1. The number of aromatic nitrogens is 2. The Labute approximate surface area is 108 Å². The molecule has 1 atom stereocenters. The Bertz CT molecular complexity index is 402. The first-order valence-electron chi connectivity index (χ1n) is 6.52. The largest absolute Gasteiger partial charge is 0.354 e. The third-order valence-electron chi connectivity index (χ3n) is 3.95. The van der Waals surface area contributed by atoms with E-state index in [0.29, 0.717) is 23.5 Å². The average Bonchev–Trinajstić information content (AvgIpc) is 2.41. The van der Waals surface area contributed by atoms with Crippen molar-refractivity contribution in [2.24, 2.45) is 5.92 Å². The van der Waals surface area contributed by atoms with Crippen molar-refractivity contribution in [3.63, 3.8) is 0 Å². The van der Waals surface area contributed by atoms with Gasteiger partial charge in [0.05, 0.1) is 5.69 Å². The van der Waals surface area contributed by atoms with E-state index < -0.39 is 0 Å². The van der Waals surface area contributed by atoms with E-state index in [4.69, 9.17) is 0 Å². The van der Waals surface area contributed by atoms with Gasteiger partial charge in [0.1, 0.15) is 6.33 Å². The second kappa shape index (κ2) is 5.61. The Morgan fingerprint density at radius 1 is 1.39 bits per heavy atom. The maximum absolute atomic E-state index is 13.9. The molecule has 0 aromatic carbocycles. The molecule has 18 heavy (non-hydrogen) atoms. The molecule has 1 aliphatic heterocycles. The predicted molar refractivity (Wildman–Crippen MR) is 70.2 cm³/mol.